The molecular formula is C22H18N2O2. The predicted octanol–water partition coefficient (Wildman–Crippen LogP) is 4.54. The Morgan fingerprint density at radius 2 is 1.77 bits per heavy atom. The van der Waals surface area contributed by atoms with Gasteiger partial charge in [0.05, 0.1) is 0 Å². The van der Waals surface area contributed by atoms with E-state index < -0.39 is 0 Å². The molecule has 0 aliphatic rings. The average Bonchev–Trinajstić information content (AvgIpc) is 2.67. The molecule has 0 spiro atoms. The first-order valence-electron chi connectivity index (χ1n) is 8.22. The lowest BCUT2D eigenvalue weighted by atomic mass is 10.1. The van der Waals surface area contributed by atoms with Crippen LogP contribution in [0, 0.1) is 6.92 Å². The Hall–Kier alpha value is -3.53. The lowest BCUT2D eigenvalue weighted by Gasteiger charge is -2.06. The van der Waals surface area contributed by atoms with E-state index in [4.69, 9.17) is 0 Å². The molecule has 1 aromatic heterocycles. The first-order chi connectivity index (χ1) is 12.6. The number of rotatable bonds is 5. The van der Waals surface area contributed by atoms with Crippen LogP contribution in [-0.2, 0) is 0 Å². The zero-order chi connectivity index (χ0) is 18.4. The highest BCUT2D eigenvalue weighted by Gasteiger charge is 2.06. The summed E-state index contributed by atoms with van der Waals surface area (Å²) in [4.78, 5) is 28.3. The van der Waals surface area contributed by atoms with Crippen molar-refractivity contribution >= 4 is 23.5 Å². The van der Waals surface area contributed by atoms with Crippen LogP contribution in [0.2, 0.25) is 0 Å². The van der Waals surface area contributed by atoms with Gasteiger partial charge in [-0.1, -0.05) is 35.9 Å². The van der Waals surface area contributed by atoms with Crippen LogP contribution in [0.3, 0.4) is 0 Å². The number of hydrogen-bond acceptors (Lipinski definition) is 3. The molecule has 1 heterocycles. The molecule has 3 aromatic rings. The van der Waals surface area contributed by atoms with Crippen LogP contribution in [0.25, 0.3) is 6.08 Å². The molecule has 0 aliphatic carbocycles. The first kappa shape index (κ1) is 17.3. The van der Waals surface area contributed by atoms with Gasteiger partial charge < -0.3 is 5.32 Å². The van der Waals surface area contributed by atoms with Crippen molar-refractivity contribution in [2.24, 2.45) is 0 Å². The molecular weight excluding hydrogens is 324 g/mol. The molecule has 0 saturated heterocycles. The van der Waals surface area contributed by atoms with E-state index >= 15 is 0 Å². The highest BCUT2D eigenvalue weighted by molar-refractivity contribution is 6.07. The van der Waals surface area contributed by atoms with Crippen molar-refractivity contribution in [3.05, 3.63) is 101 Å². The molecule has 0 bridgehead atoms. The number of aryl methyl sites for hydroxylation is 1. The minimum Gasteiger partial charge on any atom is -0.322 e. The summed E-state index contributed by atoms with van der Waals surface area (Å²) in [7, 11) is 0. The summed E-state index contributed by atoms with van der Waals surface area (Å²) in [6, 6.07) is 18.2. The highest BCUT2D eigenvalue weighted by atomic mass is 16.1. The summed E-state index contributed by atoms with van der Waals surface area (Å²) in [5.41, 5.74) is 3.73. The minimum atomic E-state index is -0.169. The smallest absolute Gasteiger partial charge is 0.255 e. The molecule has 1 N–H and O–H groups in total. The Bertz CT molecular complexity index is 945. The number of nitrogens with zero attached hydrogens (tertiary/aromatic N) is 1. The Morgan fingerprint density at radius 3 is 2.50 bits per heavy atom. The standard InChI is InChI=1S/C22H18N2O2/c1-16-7-10-18(11-8-16)22(26)24-20-6-2-4-17(14-20)9-12-21(25)19-5-3-13-23-15-19/h2-15H,1H3,(H,24,26)/b12-9+. The molecule has 0 aliphatic heterocycles. The van der Waals surface area contributed by atoms with E-state index in [2.05, 4.69) is 10.3 Å². The monoisotopic (exact) mass is 342 g/mol. The molecule has 0 atom stereocenters. The largest absolute Gasteiger partial charge is 0.322 e. The number of amides is 1. The van der Waals surface area contributed by atoms with Crippen molar-refractivity contribution in [1.82, 2.24) is 4.98 Å². The predicted molar refractivity (Wildman–Crippen MR) is 103 cm³/mol. The summed E-state index contributed by atoms with van der Waals surface area (Å²) in [5, 5.41) is 2.87. The Morgan fingerprint density at radius 1 is 0.962 bits per heavy atom. The molecule has 0 unspecified atom stereocenters. The molecule has 0 saturated carbocycles. The second kappa shape index (κ2) is 8.03. The molecule has 0 fully saturated rings. The highest BCUT2D eigenvalue weighted by Crippen LogP contribution is 2.14. The Labute approximate surface area is 152 Å². The van der Waals surface area contributed by atoms with Crippen LogP contribution in [0.1, 0.15) is 31.8 Å². The maximum absolute atomic E-state index is 12.3. The van der Waals surface area contributed by atoms with Gasteiger partial charge in [0, 0.05) is 29.2 Å². The van der Waals surface area contributed by atoms with E-state index in [-0.39, 0.29) is 11.7 Å². The van der Waals surface area contributed by atoms with Gasteiger partial charge >= 0.3 is 0 Å². The van der Waals surface area contributed by atoms with Crippen molar-refractivity contribution in [2.75, 3.05) is 5.32 Å². The molecule has 4 heteroatoms. The van der Waals surface area contributed by atoms with Crippen molar-refractivity contribution in [3.8, 4) is 0 Å². The molecule has 4 nitrogen and oxygen atoms in total. The number of ketones is 1. The zero-order valence-corrected chi connectivity index (χ0v) is 14.3. The average molecular weight is 342 g/mol. The number of benzene rings is 2. The van der Waals surface area contributed by atoms with Gasteiger partial charge in [0.15, 0.2) is 5.78 Å². The van der Waals surface area contributed by atoms with Crippen molar-refractivity contribution < 1.29 is 9.59 Å². The summed E-state index contributed by atoms with van der Waals surface area (Å²) in [6.45, 7) is 1.98. The van der Waals surface area contributed by atoms with Gasteiger partial charge in [0.1, 0.15) is 0 Å². The SMILES string of the molecule is Cc1ccc(C(=O)Nc2cccc(/C=C/C(=O)c3cccnc3)c2)cc1. The van der Waals surface area contributed by atoms with Gasteiger partial charge in [0.2, 0.25) is 0 Å². The molecule has 128 valence electrons. The van der Waals surface area contributed by atoms with Crippen LogP contribution in [0.4, 0.5) is 5.69 Å². The summed E-state index contributed by atoms with van der Waals surface area (Å²) >= 11 is 0. The first-order valence-corrected chi connectivity index (χ1v) is 8.22. The third-order valence-corrected chi connectivity index (χ3v) is 3.83. The number of nitrogens with one attached hydrogen (secondary N) is 1. The third kappa shape index (κ3) is 4.51. The van der Waals surface area contributed by atoms with E-state index in [1.165, 1.54) is 12.3 Å². The van der Waals surface area contributed by atoms with Crippen LogP contribution in [0.5, 0.6) is 0 Å². The second-order valence-corrected chi connectivity index (χ2v) is 5.88. The number of hydrogen-bond donors (Lipinski definition) is 1. The van der Waals surface area contributed by atoms with E-state index in [0.717, 1.165) is 11.1 Å². The van der Waals surface area contributed by atoms with Gasteiger partial charge in [-0.15, -0.1) is 0 Å². The molecule has 0 radical (unpaired) electrons. The van der Waals surface area contributed by atoms with Crippen LogP contribution >= 0.6 is 0 Å². The fourth-order valence-corrected chi connectivity index (χ4v) is 2.40. The number of aromatic nitrogens is 1. The Balaban J connectivity index is 1.70. The van der Waals surface area contributed by atoms with Crippen LogP contribution in [0.15, 0.2) is 79.1 Å². The lowest BCUT2D eigenvalue weighted by Crippen LogP contribution is -2.11. The van der Waals surface area contributed by atoms with Crippen molar-refractivity contribution in [2.45, 2.75) is 6.92 Å². The molecule has 3 rings (SSSR count). The quantitative estimate of drug-likeness (QED) is 0.547. The van der Waals surface area contributed by atoms with Crippen LogP contribution in [-0.4, -0.2) is 16.7 Å². The minimum absolute atomic E-state index is 0.118. The number of allylic oxidation sites excluding steroid dienone is 1. The van der Waals surface area contributed by atoms with E-state index in [1.807, 2.05) is 43.3 Å². The topological polar surface area (TPSA) is 59.1 Å². The Kier molecular flexibility index (Phi) is 5.34. The van der Waals surface area contributed by atoms with Gasteiger partial charge in [-0.25, -0.2) is 0 Å². The number of anilines is 1. The van der Waals surface area contributed by atoms with Gasteiger partial charge in [-0.05, 0) is 55.0 Å². The fraction of sp³-hybridized carbons (Fsp3) is 0.0455. The summed E-state index contributed by atoms with van der Waals surface area (Å²) < 4.78 is 0. The van der Waals surface area contributed by atoms with E-state index in [1.54, 1.807) is 36.5 Å². The summed E-state index contributed by atoms with van der Waals surface area (Å²) in [5.74, 6) is -0.287. The fourth-order valence-electron chi connectivity index (χ4n) is 2.40. The third-order valence-electron chi connectivity index (χ3n) is 3.83. The lowest BCUT2D eigenvalue weighted by molar-refractivity contribution is 0.102. The van der Waals surface area contributed by atoms with E-state index in [0.29, 0.717) is 16.8 Å². The van der Waals surface area contributed by atoms with Crippen molar-refractivity contribution in [3.63, 3.8) is 0 Å². The molecule has 2 aromatic carbocycles. The molecule has 1 amide bonds. The number of carbonyl (C=O) groups is 2. The number of carbonyl (C=O) groups excluding carboxylic acids is 2. The zero-order valence-electron chi connectivity index (χ0n) is 14.3. The summed E-state index contributed by atoms with van der Waals surface area (Å²) in [6.07, 6.45) is 6.38. The van der Waals surface area contributed by atoms with Gasteiger partial charge in [-0.3, -0.25) is 14.6 Å². The van der Waals surface area contributed by atoms with Crippen molar-refractivity contribution in [1.29, 1.82) is 0 Å². The van der Waals surface area contributed by atoms with Crippen LogP contribution < -0.4 is 5.32 Å². The second-order valence-electron chi connectivity index (χ2n) is 5.88. The van der Waals surface area contributed by atoms with Gasteiger partial charge in [0.25, 0.3) is 5.91 Å². The molecule has 26 heavy (non-hydrogen) atoms. The van der Waals surface area contributed by atoms with E-state index in [9.17, 15) is 9.59 Å². The maximum Gasteiger partial charge on any atom is 0.255 e. The van der Waals surface area contributed by atoms with Gasteiger partial charge in [-0.2, -0.15) is 0 Å². The normalized spacial score (nSPS) is 10.7. The number of pyridine rings is 1. The maximum atomic E-state index is 12.3.